The van der Waals surface area contributed by atoms with Crippen LogP contribution in [0.1, 0.15) is 10.4 Å². The van der Waals surface area contributed by atoms with Gasteiger partial charge in [-0.1, -0.05) is 6.07 Å². The summed E-state index contributed by atoms with van der Waals surface area (Å²) >= 11 is 0. The first kappa shape index (κ1) is 12.4. The van der Waals surface area contributed by atoms with Gasteiger partial charge in [0.1, 0.15) is 0 Å². The third-order valence-electron chi connectivity index (χ3n) is 1.63. The second-order valence-corrected chi connectivity index (χ2v) is 6.87. The van der Waals surface area contributed by atoms with Gasteiger partial charge in [0.05, 0.1) is 27.6 Å². The van der Waals surface area contributed by atoms with Crippen molar-refractivity contribution in [2.75, 3.05) is 7.11 Å². The van der Waals surface area contributed by atoms with Crippen molar-refractivity contribution in [1.29, 1.82) is 0 Å². The summed E-state index contributed by atoms with van der Waals surface area (Å²) in [5.41, 5.74) is 0.171. The molecule has 1 aromatic rings. The van der Waals surface area contributed by atoms with Gasteiger partial charge in [-0.2, -0.15) is 0 Å². The van der Waals surface area contributed by atoms with Gasteiger partial charge in [-0.15, -0.1) is 0 Å². The Bertz CT molecular complexity index is 469. The van der Waals surface area contributed by atoms with Crippen molar-refractivity contribution in [3.05, 3.63) is 29.8 Å². The highest BCUT2D eigenvalue weighted by molar-refractivity contribution is 8.80. The van der Waals surface area contributed by atoms with E-state index in [0.29, 0.717) is 0 Å². The normalized spacial score (nSPS) is 11.1. The van der Waals surface area contributed by atoms with E-state index >= 15 is 0 Å². The summed E-state index contributed by atoms with van der Waals surface area (Å²) in [4.78, 5) is 11.1. The van der Waals surface area contributed by atoms with Gasteiger partial charge >= 0.3 is 5.97 Å². The molecule has 4 nitrogen and oxygen atoms in total. The Labute approximate surface area is 95.4 Å². The molecule has 0 bridgehead atoms. The SMILES string of the molecule is COC(=O)c1cccc(S(=O)(=O)SCl)c1. The zero-order chi connectivity index (χ0) is 11.5. The Morgan fingerprint density at radius 1 is 1.47 bits per heavy atom. The Hall–Kier alpha value is -0.720. The summed E-state index contributed by atoms with van der Waals surface area (Å²) < 4.78 is 27.1. The third-order valence-corrected chi connectivity index (χ3v) is 5.19. The van der Waals surface area contributed by atoms with Gasteiger partial charge in [-0.05, 0) is 28.9 Å². The summed E-state index contributed by atoms with van der Waals surface area (Å²) in [5, 5.41) is 0. The highest BCUT2D eigenvalue weighted by atomic mass is 35.7. The average Bonchev–Trinajstić information content (AvgIpc) is 2.28. The molecule has 0 atom stereocenters. The van der Waals surface area contributed by atoms with Crippen LogP contribution in [0.3, 0.4) is 0 Å². The van der Waals surface area contributed by atoms with Crippen LogP contribution in [0.15, 0.2) is 29.2 Å². The van der Waals surface area contributed by atoms with Crippen LogP contribution in [-0.2, 0) is 13.6 Å². The van der Waals surface area contributed by atoms with Gasteiger partial charge in [-0.3, -0.25) is 0 Å². The van der Waals surface area contributed by atoms with Gasteiger partial charge in [0.2, 0.25) is 8.87 Å². The highest BCUT2D eigenvalue weighted by Gasteiger charge is 2.16. The molecule has 0 amide bonds. The predicted molar refractivity (Wildman–Crippen MR) is 58.4 cm³/mol. The van der Waals surface area contributed by atoms with E-state index in [4.69, 9.17) is 10.7 Å². The minimum atomic E-state index is -3.59. The summed E-state index contributed by atoms with van der Waals surface area (Å²) in [7, 11) is 3.04. The van der Waals surface area contributed by atoms with Crippen LogP contribution < -0.4 is 0 Å². The Kier molecular flexibility index (Phi) is 4.01. The largest absolute Gasteiger partial charge is 0.465 e. The van der Waals surface area contributed by atoms with E-state index in [1.54, 1.807) is 0 Å². The van der Waals surface area contributed by atoms with E-state index in [-0.39, 0.29) is 20.5 Å². The molecule has 0 aromatic heterocycles. The maximum absolute atomic E-state index is 11.3. The van der Waals surface area contributed by atoms with Gasteiger partial charge in [-0.25, -0.2) is 13.2 Å². The Morgan fingerprint density at radius 2 is 2.13 bits per heavy atom. The average molecular weight is 267 g/mol. The number of esters is 1. The molecule has 0 N–H and O–H groups in total. The van der Waals surface area contributed by atoms with Gasteiger partial charge in [0.15, 0.2) is 0 Å². The number of halogens is 1. The van der Waals surface area contributed by atoms with Gasteiger partial charge in [0, 0.05) is 0 Å². The maximum Gasteiger partial charge on any atom is 0.337 e. The molecule has 0 radical (unpaired) electrons. The number of carbonyl (C=O) groups excluding carboxylic acids is 1. The van der Waals surface area contributed by atoms with Gasteiger partial charge < -0.3 is 4.74 Å². The minimum absolute atomic E-state index is 0.0228. The van der Waals surface area contributed by atoms with Crippen molar-refractivity contribution in [3.8, 4) is 0 Å². The minimum Gasteiger partial charge on any atom is -0.465 e. The van der Waals surface area contributed by atoms with Crippen LogP contribution in [0.4, 0.5) is 0 Å². The molecule has 1 rings (SSSR count). The van der Waals surface area contributed by atoms with E-state index < -0.39 is 14.8 Å². The smallest absolute Gasteiger partial charge is 0.337 e. The lowest BCUT2D eigenvalue weighted by atomic mass is 10.2. The number of hydrogen-bond donors (Lipinski definition) is 0. The lowest BCUT2D eigenvalue weighted by molar-refractivity contribution is 0.0600. The molecule has 0 fully saturated rings. The fraction of sp³-hybridized carbons (Fsp3) is 0.125. The van der Waals surface area contributed by atoms with Crippen molar-refractivity contribution >= 4 is 35.5 Å². The summed E-state index contributed by atoms with van der Waals surface area (Å²) in [6, 6.07) is 5.49. The standard InChI is InChI=1S/C8H7ClO4S2/c1-13-8(10)6-3-2-4-7(5-6)15(11,12)14-9/h2-5H,1H3. The first-order valence-electron chi connectivity index (χ1n) is 3.75. The topological polar surface area (TPSA) is 60.4 Å². The van der Waals surface area contributed by atoms with Crippen LogP contribution >= 0.6 is 20.7 Å². The second kappa shape index (κ2) is 4.87. The molecule has 0 aliphatic heterocycles. The van der Waals surface area contributed by atoms with E-state index in [1.165, 1.54) is 31.4 Å². The Balaban J connectivity index is 3.20. The van der Waals surface area contributed by atoms with Crippen molar-refractivity contribution in [2.24, 2.45) is 0 Å². The summed E-state index contributed by atoms with van der Waals surface area (Å²) in [6.45, 7) is 0. The van der Waals surface area contributed by atoms with Crippen molar-refractivity contribution in [3.63, 3.8) is 0 Å². The fourth-order valence-electron chi connectivity index (χ4n) is 0.933. The van der Waals surface area contributed by atoms with Crippen molar-refractivity contribution < 1.29 is 17.9 Å². The lowest BCUT2D eigenvalue weighted by Crippen LogP contribution is -2.02. The summed E-state index contributed by atoms with van der Waals surface area (Å²) in [5.74, 6) is -0.591. The molecule has 0 aliphatic rings. The van der Waals surface area contributed by atoms with Crippen LogP contribution in [0.25, 0.3) is 0 Å². The second-order valence-electron chi connectivity index (χ2n) is 2.54. The molecular formula is C8H7ClO4S2. The molecule has 0 heterocycles. The van der Waals surface area contributed by atoms with Crippen molar-refractivity contribution in [2.45, 2.75) is 4.90 Å². The first-order chi connectivity index (χ1) is 7.01. The molecule has 15 heavy (non-hydrogen) atoms. The molecule has 0 saturated carbocycles. The third kappa shape index (κ3) is 2.87. The molecule has 82 valence electrons. The summed E-state index contributed by atoms with van der Waals surface area (Å²) in [6.07, 6.45) is 0. The van der Waals surface area contributed by atoms with Gasteiger partial charge in [0.25, 0.3) is 0 Å². The number of carbonyl (C=O) groups is 1. The molecule has 0 unspecified atom stereocenters. The lowest BCUT2D eigenvalue weighted by Gasteiger charge is -2.02. The number of benzene rings is 1. The number of methoxy groups -OCH3 is 1. The fourth-order valence-corrected chi connectivity index (χ4v) is 2.71. The molecular weight excluding hydrogens is 260 g/mol. The van der Waals surface area contributed by atoms with E-state index in [9.17, 15) is 13.2 Å². The van der Waals surface area contributed by atoms with Crippen molar-refractivity contribution in [1.82, 2.24) is 0 Å². The van der Waals surface area contributed by atoms with Crippen LogP contribution in [-0.4, -0.2) is 21.5 Å². The van der Waals surface area contributed by atoms with E-state index in [0.717, 1.165) is 0 Å². The predicted octanol–water partition coefficient (Wildman–Crippen LogP) is 2.05. The zero-order valence-corrected chi connectivity index (χ0v) is 10.0. The van der Waals surface area contributed by atoms with Crippen LogP contribution in [0.2, 0.25) is 0 Å². The molecule has 0 aliphatic carbocycles. The van der Waals surface area contributed by atoms with E-state index in [2.05, 4.69) is 4.74 Å². The molecule has 0 spiro atoms. The Morgan fingerprint density at radius 3 is 2.67 bits per heavy atom. The number of hydrogen-bond acceptors (Lipinski definition) is 5. The maximum atomic E-state index is 11.3. The molecule has 7 heteroatoms. The highest BCUT2D eigenvalue weighted by Crippen LogP contribution is 2.26. The number of rotatable bonds is 3. The quantitative estimate of drug-likeness (QED) is 0.619. The first-order valence-corrected chi connectivity index (χ1v) is 7.39. The van der Waals surface area contributed by atoms with Crippen LogP contribution in [0, 0.1) is 0 Å². The monoisotopic (exact) mass is 266 g/mol. The van der Waals surface area contributed by atoms with Crippen LogP contribution in [0.5, 0.6) is 0 Å². The molecule has 1 aromatic carbocycles. The van der Waals surface area contributed by atoms with E-state index in [1.807, 2.05) is 0 Å². The molecule has 0 saturated heterocycles. The zero-order valence-electron chi connectivity index (χ0n) is 7.64. The number of ether oxygens (including phenoxy) is 1.